The normalized spacial score (nSPS) is 14.3. The van der Waals surface area contributed by atoms with Gasteiger partial charge >= 0.3 is 0 Å². The molecule has 0 aliphatic rings. The van der Waals surface area contributed by atoms with Crippen LogP contribution in [0, 0.1) is 5.92 Å². The largest absolute Gasteiger partial charge is 0.550 e. The molecule has 0 N–H and O–H groups in total. The Hall–Kier alpha value is -0.610. The van der Waals surface area contributed by atoms with Crippen LogP contribution in [-0.4, -0.2) is 50.9 Å². The SMILES string of the molecule is CC(C)COC(CC(=O)[O-])C[N+](C)(C)C. The van der Waals surface area contributed by atoms with Gasteiger partial charge in [-0.1, -0.05) is 13.8 Å². The van der Waals surface area contributed by atoms with E-state index in [1.807, 2.05) is 35.0 Å². The Morgan fingerprint density at radius 1 is 1.33 bits per heavy atom. The fourth-order valence-electron chi connectivity index (χ4n) is 1.30. The van der Waals surface area contributed by atoms with Crippen molar-refractivity contribution in [3.05, 3.63) is 0 Å². The Labute approximate surface area is 92.4 Å². The molecule has 4 heteroatoms. The van der Waals surface area contributed by atoms with Crippen molar-refractivity contribution in [2.45, 2.75) is 26.4 Å². The molecule has 0 aromatic carbocycles. The van der Waals surface area contributed by atoms with Crippen LogP contribution in [0.4, 0.5) is 0 Å². The van der Waals surface area contributed by atoms with Crippen molar-refractivity contribution in [1.29, 1.82) is 0 Å². The number of nitrogens with zero attached hydrogens (tertiary/aromatic N) is 1. The summed E-state index contributed by atoms with van der Waals surface area (Å²) in [5, 5.41) is 10.5. The zero-order valence-electron chi connectivity index (χ0n) is 10.4. The summed E-state index contributed by atoms with van der Waals surface area (Å²) in [7, 11) is 6.04. The Kier molecular flexibility index (Phi) is 5.83. The van der Waals surface area contributed by atoms with E-state index < -0.39 is 5.97 Å². The highest BCUT2D eigenvalue weighted by Gasteiger charge is 2.19. The van der Waals surface area contributed by atoms with E-state index >= 15 is 0 Å². The molecule has 0 aromatic rings. The first-order chi connectivity index (χ1) is 6.70. The number of carbonyl (C=O) groups is 1. The van der Waals surface area contributed by atoms with Gasteiger partial charge in [-0.15, -0.1) is 0 Å². The van der Waals surface area contributed by atoms with E-state index in [0.717, 1.165) is 0 Å². The zero-order chi connectivity index (χ0) is 12.1. The monoisotopic (exact) mass is 217 g/mol. The van der Waals surface area contributed by atoms with Crippen LogP contribution in [0.3, 0.4) is 0 Å². The zero-order valence-corrected chi connectivity index (χ0v) is 10.4. The first kappa shape index (κ1) is 14.4. The fraction of sp³-hybridized carbons (Fsp3) is 0.909. The van der Waals surface area contributed by atoms with Crippen molar-refractivity contribution in [2.24, 2.45) is 5.92 Å². The summed E-state index contributed by atoms with van der Waals surface area (Å²) in [6, 6.07) is 0. The highest BCUT2D eigenvalue weighted by Crippen LogP contribution is 2.06. The summed E-state index contributed by atoms with van der Waals surface area (Å²) in [4.78, 5) is 10.5. The Morgan fingerprint density at radius 3 is 2.20 bits per heavy atom. The van der Waals surface area contributed by atoms with Crippen LogP contribution < -0.4 is 5.11 Å². The van der Waals surface area contributed by atoms with Crippen LogP contribution in [0.2, 0.25) is 0 Å². The average molecular weight is 217 g/mol. The van der Waals surface area contributed by atoms with E-state index in [1.54, 1.807) is 0 Å². The van der Waals surface area contributed by atoms with Crippen molar-refractivity contribution in [3.63, 3.8) is 0 Å². The summed E-state index contributed by atoms with van der Waals surface area (Å²) in [6.07, 6.45) is -0.278. The molecule has 0 spiro atoms. The van der Waals surface area contributed by atoms with Gasteiger partial charge in [0.05, 0.1) is 21.1 Å². The van der Waals surface area contributed by atoms with Crippen molar-refractivity contribution in [3.8, 4) is 0 Å². The molecule has 0 aliphatic heterocycles. The van der Waals surface area contributed by atoms with E-state index in [9.17, 15) is 9.90 Å². The highest BCUT2D eigenvalue weighted by atomic mass is 16.5. The molecule has 0 fully saturated rings. The Balaban J connectivity index is 4.12. The predicted octanol–water partition coefficient (Wildman–Crippen LogP) is -0.126. The summed E-state index contributed by atoms with van der Waals surface area (Å²) < 4.78 is 6.24. The Bertz CT molecular complexity index is 196. The maximum Gasteiger partial charge on any atom is 0.112 e. The van der Waals surface area contributed by atoms with Gasteiger partial charge in [-0.05, 0) is 5.92 Å². The molecule has 1 atom stereocenters. The first-order valence-electron chi connectivity index (χ1n) is 5.32. The number of carboxylic acids is 1. The average Bonchev–Trinajstić information content (AvgIpc) is 1.95. The lowest BCUT2D eigenvalue weighted by atomic mass is 10.2. The smallest absolute Gasteiger partial charge is 0.112 e. The molecule has 1 unspecified atom stereocenters. The third kappa shape index (κ3) is 9.69. The molecule has 0 bridgehead atoms. The summed E-state index contributed by atoms with van der Waals surface area (Å²) >= 11 is 0. The lowest BCUT2D eigenvalue weighted by Crippen LogP contribution is -2.44. The fourth-order valence-corrected chi connectivity index (χ4v) is 1.30. The second-order valence-electron chi connectivity index (χ2n) is 5.40. The second-order valence-corrected chi connectivity index (χ2v) is 5.40. The van der Waals surface area contributed by atoms with Crippen molar-refractivity contribution < 1.29 is 19.1 Å². The van der Waals surface area contributed by atoms with E-state index in [4.69, 9.17) is 4.74 Å². The lowest BCUT2D eigenvalue weighted by Gasteiger charge is -2.29. The van der Waals surface area contributed by atoms with Crippen LogP contribution in [0.15, 0.2) is 0 Å². The molecular formula is C11H23NO3. The molecule has 0 rings (SSSR count). The number of likely N-dealkylation sites (N-methyl/N-ethyl adjacent to an activating group) is 1. The van der Waals surface area contributed by atoms with E-state index in [2.05, 4.69) is 0 Å². The van der Waals surface area contributed by atoms with Crippen LogP contribution in [0.25, 0.3) is 0 Å². The summed E-state index contributed by atoms with van der Waals surface area (Å²) in [5.74, 6) is -0.626. The molecule has 0 aromatic heterocycles. The molecule has 0 aliphatic carbocycles. The van der Waals surface area contributed by atoms with Crippen LogP contribution in [0.5, 0.6) is 0 Å². The number of carboxylic acid groups (broad SMARTS) is 1. The molecule has 15 heavy (non-hydrogen) atoms. The van der Waals surface area contributed by atoms with Crippen LogP contribution >= 0.6 is 0 Å². The second kappa shape index (κ2) is 6.08. The van der Waals surface area contributed by atoms with Gasteiger partial charge < -0.3 is 19.1 Å². The quantitative estimate of drug-likeness (QED) is 0.558. The maximum absolute atomic E-state index is 10.5. The van der Waals surface area contributed by atoms with E-state index in [-0.39, 0.29) is 12.5 Å². The standard InChI is InChI=1S/C11H23NO3/c1-9(2)8-15-10(6-11(13)14)7-12(3,4)5/h9-10H,6-8H2,1-5H3. The number of carbonyl (C=O) groups excluding carboxylic acids is 1. The summed E-state index contributed by atoms with van der Waals surface area (Å²) in [5.41, 5.74) is 0. The maximum atomic E-state index is 10.5. The van der Waals surface area contributed by atoms with E-state index in [1.165, 1.54) is 0 Å². The molecule has 90 valence electrons. The molecule has 4 nitrogen and oxygen atoms in total. The first-order valence-corrected chi connectivity index (χ1v) is 5.32. The van der Waals surface area contributed by atoms with Gasteiger partial charge in [0.25, 0.3) is 0 Å². The minimum Gasteiger partial charge on any atom is -0.550 e. The number of rotatable bonds is 7. The third-order valence-electron chi connectivity index (χ3n) is 1.81. The third-order valence-corrected chi connectivity index (χ3v) is 1.81. The van der Waals surface area contributed by atoms with Crippen molar-refractivity contribution in [1.82, 2.24) is 0 Å². The van der Waals surface area contributed by atoms with Crippen LogP contribution in [0.1, 0.15) is 20.3 Å². The molecular weight excluding hydrogens is 194 g/mol. The topological polar surface area (TPSA) is 49.4 Å². The highest BCUT2D eigenvalue weighted by molar-refractivity contribution is 5.64. The van der Waals surface area contributed by atoms with E-state index in [0.29, 0.717) is 23.6 Å². The number of hydrogen-bond donors (Lipinski definition) is 0. The van der Waals surface area contributed by atoms with Gasteiger partial charge in [-0.2, -0.15) is 0 Å². The van der Waals surface area contributed by atoms with Gasteiger partial charge in [0.15, 0.2) is 0 Å². The van der Waals surface area contributed by atoms with Crippen molar-refractivity contribution >= 4 is 5.97 Å². The number of ether oxygens (including phenoxy) is 1. The molecule has 0 radical (unpaired) electrons. The molecule has 0 saturated carbocycles. The van der Waals surface area contributed by atoms with Crippen LogP contribution in [-0.2, 0) is 9.53 Å². The summed E-state index contributed by atoms with van der Waals surface area (Å²) in [6.45, 7) is 5.36. The predicted molar refractivity (Wildman–Crippen MR) is 57.1 cm³/mol. The van der Waals surface area contributed by atoms with Gasteiger partial charge in [-0.3, -0.25) is 0 Å². The van der Waals surface area contributed by atoms with Gasteiger partial charge in [0, 0.05) is 19.0 Å². The molecule has 0 saturated heterocycles. The number of quaternary nitrogens is 1. The number of aliphatic carboxylic acids is 1. The van der Waals surface area contributed by atoms with Gasteiger partial charge in [0.2, 0.25) is 0 Å². The minimum atomic E-state index is -1.04. The number of hydrogen-bond acceptors (Lipinski definition) is 3. The lowest BCUT2D eigenvalue weighted by molar-refractivity contribution is -0.873. The van der Waals surface area contributed by atoms with Gasteiger partial charge in [0.1, 0.15) is 12.6 Å². The Morgan fingerprint density at radius 2 is 1.87 bits per heavy atom. The van der Waals surface area contributed by atoms with Gasteiger partial charge in [-0.25, -0.2) is 0 Å². The van der Waals surface area contributed by atoms with Crippen molar-refractivity contribution in [2.75, 3.05) is 34.3 Å². The minimum absolute atomic E-state index is 0.0256. The molecule has 0 amide bonds. The molecule has 0 heterocycles.